The van der Waals surface area contributed by atoms with E-state index in [0.29, 0.717) is 34.1 Å². The standard InChI is InChI=1S/C25H24N2O7/c1-31-20-13-18(14-21(32-2)23(20)33-3)25(30)34-19-11-9-16(10-12-19)15-26-27-24(29)22(28)17-7-5-4-6-8-17/h4-15,22,28H,1-3H3,(H,27,29)/b26-15-/t22-/m0/s1. The van der Waals surface area contributed by atoms with E-state index in [1.807, 2.05) is 0 Å². The van der Waals surface area contributed by atoms with Gasteiger partial charge in [-0.05, 0) is 47.5 Å². The number of aliphatic hydroxyl groups excluding tert-OH is 1. The van der Waals surface area contributed by atoms with Crippen molar-refractivity contribution in [3.8, 4) is 23.0 Å². The summed E-state index contributed by atoms with van der Waals surface area (Å²) in [4.78, 5) is 24.6. The van der Waals surface area contributed by atoms with Crippen LogP contribution in [0.15, 0.2) is 71.8 Å². The Labute approximate surface area is 196 Å². The van der Waals surface area contributed by atoms with Crippen molar-refractivity contribution in [3.63, 3.8) is 0 Å². The quantitative estimate of drug-likeness (QED) is 0.216. The normalized spacial score (nSPS) is 11.5. The molecular formula is C25H24N2O7. The van der Waals surface area contributed by atoms with Gasteiger partial charge in [-0.1, -0.05) is 30.3 Å². The molecule has 176 valence electrons. The fourth-order valence-electron chi connectivity index (χ4n) is 3.01. The first-order valence-electron chi connectivity index (χ1n) is 10.1. The minimum atomic E-state index is -1.32. The van der Waals surface area contributed by atoms with Crippen LogP contribution in [-0.4, -0.2) is 44.5 Å². The van der Waals surface area contributed by atoms with E-state index in [1.165, 1.54) is 39.7 Å². The van der Waals surface area contributed by atoms with Crippen LogP contribution < -0.4 is 24.4 Å². The van der Waals surface area contributed by atoms with Crippen molar-refractivity contribution in [3.05, 3.63) is 83.4 Å². The molecule has 3 aromatic carbocycles. The lowest BCUT2D eigenvalue weighted by atomic mass is 10.1. The molecule has 0 spiro atoms. The average molecular weight is 464 g/mol. The summed E-state index contributed by atoms with van der Waals surface area (Å²) in [6.45, 7) is 0. The molecule has 0 saturated carbocycles. The van der Waals surface area contributed by atoms with Crippen LogP contribution in [0.5, 0.6) is 23.0 Å². The minimum absolute atomic E-state index is 0.222. The summed E-state index contributed by atoms with van der Waals surface area (Å²) in [5, 5.41) is 13.9. The van der Waals surface area contributed by atoms with E-state index in [1.54, 1.807) is 54.6 Å². The molecule has 0 aliphatic carbocycles. The van der Waals surface area contributed by atoms with E-state index >= 15 is 0 Å². The molecule has 2 N–H and O–H groups in total. The van der Waals surface area contributed by atoms with Gasteiger partial charge in [0.1, 0.15) is 5.75 Å². The second kappa shape index (κ2) is 11.5. The van der Waals surface area contributed by atoms with Crippen LogP contribution in [0.25, 0.3) is 0 Å². The number of benzene rings is 3. The number of aliphatic hydroxyl groups is 1. The minimum Gasteiger partial charge on any atom is -0.493 e. The van der Waals surface area contributed by atoms with Gasteiger partial charge in [-0.15, -0.1) is 0 Å². The van der Waals surface area contributed by atoms with Crippen molar-refractivity contribution in [2.75, 3.05) is 21.3 Å². The summed E-state index contributed by atoms with van der Waals surface area (Å²) in [6, 6.07) is 18.0. The number of ether oxygens (including phenoxy) is 4. The number of amides is 1. The zero-order valence-electron chi connectivity index (χ0n) is 18.8. The molecule has 1 atom stereocenters. The van der Waals surface area contributed by atoms with E-state index in [0.717, 1.165) is 0 Å². The fourth-order valence-corrected chi connectivity index (χ4v) is 3.01. The lowest BCUT2D eigenvalue weighted by molar-refractivity contribution is -0.129. The highest BCUT2D eigenvalue weighted by Gasteiger charge is 2.18. The highest BCUT2D eigenvalue weighted by atomic mass is 16.5. The van der Waals surface area contributed by atoms with Gasteiger partial charge in [0.05, 0.1) is 33.1 Å². The lowest BCUT2D eigenvalue weighted by Gasteiger charge is -2.13. The first kappa shape index (κ1) is 24.3. The first-order valence-corrected chi connectivity index (χ1v) is 10.1. The third kappa shape index (κ3) is 5.90. The molecule has 0 aliphatic rings. The van der Waals surface area contributed by atoms with Crippen LogP contribution in [0.4, 0.5) is 0 Å². The van der Waals surface area contributed by atoms with Crippen molar-refractivity contribution < 1.29 is 33.6 Å². The molecule has 9 heteroatoms. The molecule has 0 fully saturated rings. The highest BCUT2D eigenvalue weighted by molar-refractivity contribution is 5.93. The summed E-state index contributed by atoms with van der Waals surface area (Å²) in [6.07, 6.45) is 0.0794. The van der Waals surface area contributed by atoms with E-state index in [4.69, 9.17) is 18.9 Å². The Morgan fingerprint density at radius 1 is 0.912 bits per heavy atom. The maximum atomic E-state index is 12.6. The molecule has 0 aromatic heterocycles. The number of methoxy groups -OCH3 is 3. The summed E-state index contributed by atoms with van der Waals surface area (Å²) in [7, 11) is 4.38. The number of nitrogens with zero attached hydrogens (tertiary/aromatic N) is 1. The van der Waals surface area contributed by atoms with Gasteiger partial charge in [0, 0.05) is 0 Å². The molecule has 0 saturated heterocycles. The maximum Gasteiger partial charge on any atom is 0.343 e. The molecule has 0 heterocycles. The molecule has 0 aliphatic heterocycles. The molecule has 9 nitrogen and oxygen atoms in total. The van der Waals surface area contributed by atoms with Crippen LogP contribution in [0.1, 0.15) is 27.6 Å². The second-order valence-corrected chi connectivity index (χ2v) is 6.92. The Hall–Kier alpha value is -4.37. The van der Waals surface area contributed by atoms with Gasteiger partial charge in [0.15, 0.2) is 17.6 Å². The van der Waals surface area contributed by atoms with Crippen LogP contribution >= 0.6 is 0 Å². The number of hydrogen-bond acceptors (Lipinski definition) is 8. The second-order valence-electron chi connectivity index (χ2n) is 6.92. The van der Waals surface area contributed by atoms with Gasteiger partial charge >= 0.3 is 5.97 Å². The van der Waals surface area contributed by atoms with E-state index in [-0.39, 0.29) is 5.56 Å². The SMILES string of the molecule is COc1cc(C(=O)Oc2ccc(/C=N\NC(=O)[C@@H](O)c3ccccc3)cc2)cc(OC)c1OC. The van der Waals surface area contributed by atoms with Crippen molar-refractivity contribution in [1.82, 2.24) is 5.43 Å². The Kier molecular flexibility index (Phi) is 8.20. The third-order valence-electron chi connectivity index (χ3n) is 4.74. The smallest absolute Gasteiger partial charge is 0.343 e. The molecule has 1 amide bonds. The molecule has 0 radical (unpaired) electrons. The molecular weight excluding hydrogens is 440 g/mol. The van der Waals surface area contributed by atoms with Crippen molar-refractivity contribution in [1.29, 1.82) is 0 Å². The van der Waals surface area contributed by atoms with Crippen LogP contribution in [0, 0.1) is 0 Å². The number of nitrogens with one attached hydrogen (secondary N) is 1. The van der Waals surface area contributed by atoms with Gasteiger partial charge in [-0.2, -0.15) is 5.10 Å². The fraction of sp³-hybridized carbons (Fsp3) is 0.160. The van der Waals surface area contributed by atoms with Crippen molar-refractivity contribution in [2.24, 2.45) is 5.10 Å². The van der Waals surface area contributed by atoms with Crippen molar-refractivity contribution in [2.45, 2.75) is 6.10 Å². The number of carbonyl (C=O) groups excluding carboxylic acids is 2. The van der Waals surface area contributed by atoms with E-state index in [9.17, 15) is 14.7 Å². The Morgan fingerprint density at radius 2 is 1.53 bits per heavy atom. The summed E-state index contributed by atoms with van der Waals surface area (Å²) >= 11 is 0. The monoisotopic (exact) mass is 464 g/mol. The molecule has 0 unspecified atom stereocenters. The van der Waals surface area contributed by atoms with Gasteiger partial charge in [-0.3, -0.25) is 4.79 Å². The molecule has 3 aromatic rings. The number of carbonyl (C=O) groups is 2. The van der Waals surface area contributed by atoms with Gasteiger partial charge in [0.25, 0.3) is 5.91 Å². The Morgan fingerprint density at radius 3 is 2.09 bits per heavy atom. The van der Waals surface area contributed by atoms with Gasteiger partial charge < -0.3 is 24.1 Å². The van der Waals surface area contributed by atoms with Crippen LogP contribution in [0.3, 0.4) is 0 Å². The highest BCUT2D eigenvalue weighted by Crippen LogP contribution is 2.38. The Balaban J connectivity index is 1.61. The van der Waals surface area contributed by atoms with Crippen LogP contribution in [-0.2, 0) is 4.79 Å². The predicted molar refractivity (Wildman–Crippen MR) is 125 cm³/mol. The van der Waals surface area contributed by atoms with Gasteiger partial charge in [0.2, 0.25) is 5.75 Å². The number of esters is 1. The Bertz CT molecular complexity index is 1140. The number of hydrogen-bond donors (Lipinski definition) is 2. The summed E-state index contributed by atoms with van der Waals surface area (Å²) < 4.78 is 21.2. The van der Waals surface area contributed by atoms with E-state index in [2.05, 4.69) is 10.5 Å². The zero-order valence-corrected chi connectivity index (χ0v) is 18.8. The van der Waals surface area contributed by atoms with E-state index < -0.39 is 18.0 Å². The summed E-state index contributed by atoms with van der Waals surface area (Å²) in [5.74, 6) is 0.0776. The first-order chi connectivity index (χ1) is 16.5. The van der Waals surface area contributed by atoms with Crippen LogP contribution in [0.2, 0.25) is 0 Å². The predicted octanol–water partition coefficient (Wildman–Crippen LogP) is 3.12. The molecule has 3 rings (SSSR count). The number of hydrazone groups is 1. The molecule has 0 bridgehead atoms. The zero-order chi connectivity index (χ0) is 24.5. The largest absolute Gasteiger partial charge is 0.493 e. The number of rotatable bonds is 9. The van der Waals surface area contributed by atoms with Gasteiger partial charge in [-0.25, -0.2) is 10.2 Å². The molecule has 34 heavy (non-hydrogen) atoms. The summed E-state index contributed by atoms with van der Waals surface area (Å²) in [5.41, 5.74) is 3.62. The lowest BCUT2D eigenvalue weighted by Crippen LogP contribution is -2.25. The topological polar surface area (TPSA) is 116 Å². The average Bonchev–Trinajstić information content (AvgIpc) is 2.88. The van der Waals surface area contributed by atoms with Crippen molar-refractivity contribution >= 4 is 18.1 Å². The third-order valence-corrected chi connectivity index (χ3v) is 4.74. The maximum absolute atomic E-state index is 12.6.